The van der Waals surface area contributed by atoms with Gasteiger partial charge in [-0.25, -0.2) is 0 Å². The van der Waals surface area contributed by atoms with E-state index in [1.54, 1.807) is 0 Å². The summed E-state index contributed by atoms with van der Waals surface area (Å²) in [6, 6.07) is 0. The van der Waals surface area contributed by atoms with E-state index >= 15 is 0 Å². The highest BCUT2D eigenvalue weighted by molar-refractivity contribution is 5.38. The molecular formula is C40H56O4. The zero-order valence-electron chi connectivity index (χ0n) is 28.8. The summed E-state index contributed by atoms with van der Waals surface area (Å²) in [6.45, 7) is 21.4. The van der Waals surface area contributed by atoms with Crippen molar-refractivity contribution in [3.05, 3.63) is 107 Å². The fraction of sp³-hybridized carbons (Fsp3) is 0.550. The summed E-state index contributed by atoms with van der Waals surface area (Å²) in [5, 5.41) is 20.5. The molecule has 240 valence electrons. The number of allylic oxidation sites excluding steroid dienone is 16. The second-order valence-corrected chi connectivity index (χ2v) is 15.4. The van der Waals surface area contributed by atoms with Crippen LogP contribution in [0.4, 0.5) is 0 Å². The van der Waals surface area contributed by atoms with E-state index in [-0.39, 0.29) is 45.4 Å². The Morgan fingerprint density at radius 3 is 1.16 bits per heavy atom. The van der Waals surface area contributed by atoms with Gasteiger partial charge in [0.05, 0.1) is 12.2 Å². The average Bonchev–Trinajstić information content (AvgIpc) is 3.73. The SMILES string of the molecule is CC(/C=C/C=C(C)/C=C/[C@@]12O[C@@]1(C)C[C@@H](O)CC2(C)C)=C\C=C\C=C(C)\C=C\C=C(C)\C=C\[C@@]12O[C@@]1(C)C[C@@H](O)CC2(C)C. The predicted molar refractivity (Wildman–Crippen MR) is 183 cm³/mol. The molecule has 0 unspecified atom stereocenters. The Bertz CT molecular complexity index is 1270. The normalized spacial score (nSPS) is 39.2. The van der Waals surface area contributed by atoms with Gasteiger partial charge in [-0.1, -0.05) is 123 Å². The largest absolute Gasteiger partial charge is 0.393 e. The van der Waals surface area contributed by atoms with Crippen molar-refractivity contribution in [1.29, 1.82) is 0 Å². The summed E-state index contributed by atoms with van der Waals surface area (Å²) >= 11 is 0. The van der Waals surface area contributed by atoms with Crippen LogP contribution in [0.1, 0.15) is 94.9 Å². The standard InChI is InChI=1S/C40H56O4/c1-29(17-13-19-31(3)21-23-39-35(5,6)25-33(41)27-37(39,9)43-39)15-11-12-16-30(2)18-14-20-32(4)22-24-40-36(7,8)26-34(42)28-38(40,10)44-40/h11-24,33-34,41-42H,25-28H2,1-10H3/b12-11+,17-13+,18-14+,23-21+,24-22+,29-15+,30-16+,31-19+,32-20+/t33-,34-,37-,38-,39-,40-/m0/s1. The molecule has 0 bridgehead atoms. The predicted octanol–water partition coefficient (Wildman–Crippen LogP) is 8.97. The first-order chi connectivity index (χ1) is 20.4. The third-order valence-electron chi connectivity index (χ3n) is 10.4. The van der Waals surface area contributed by atoms with Crippen molar-refractivity contribution in [3.63, 3.8) is 0 Å². The number of aliphatic hydroxyl groups excluding tert-OH is 2. The fourth-order valence-corrected chi connectivity index (χ4v) is 7.99. The molecule has 2 N–H and O–H groups in total. The van der Waals surface area contributed by atoms with Crippen molar-refractivity contribution >= 4 is 0 Å². The molecule has 0 radical (unpaired) electrons. The van der Waals surface area contributed by atoms with E-state index in [1.807, 2.05) is 0 Å². The van der Waals surface area contributed by atoms with E-state index in [2.05, 4.69) is 154 Å². The number of fused-ring (bicyclic) bond motifs is 2. The van der Waals surface area contributed by atoms with Gasteiger partial charge in [0.15, 0.2) is 0 Å². The third kappa shape index (κ3) is 6.84. The van der Waals surface area contributed by atoms with Crippen molar-refractivity contribution in [2.24, 2.45) is 10.8 Å². The van der Waals surface area contributed by atoms with Crippen LogP contribution in [0, 0.1) is 10.8 Å². The Morgan fingerprint density at radius 2 is 0.818 bits per heavy atom. The van der Waals surface area contributed by atoms with Gasteiger partial charge in [0, 0.05) is 23.7 Å². The lowest BCUT2D eigenvalue weighted by Crippen LogP contribution is -2.46. The van der Waals surface area contributed by atoms with E-state index < -0.39 is 0 Å². The summed E-state index contributed by atoms with van der Waals surface area (Å²) in [4.78, 5) is 0. The molecule has 0 aromatic heterocycles. The fourth-order valence-electron chi connectivity index (χ4n) is 7.99. The van der Waals surface area contributed by atoms with Gasteiger partial charge in [-0.2, -0.15) is 0 Å². The van der Waals surface area contributed by atoms with Crippen LogP contribution in [0.15, 0.2) is 107 Å². The van der Waals surface area contributed by atoms with Crippen molar-refractivity contribution in [2.45, 2.75) is 130 Å². The molecule has 4 fully saturated rings. The molecular weight excluding hydrogens is 544 g/mol. The molecule has 44 heavy (non-hydrogen) atoms. The highest BCUT2D eigenvalue weighted by Crippen LogP contribution is 2.67. The molecule has 4 heteroatoms. The minimum absolute atomic E-state index is 0.0969. The van der Waals surface area contributed by atoms with Gasteiger partial charge < -0.3 is 19.7 Å². The highest BCUT2D eigenvalue weighted by Gasteiger charge is 2.75. The van der Waals surface area contributed by atoms with Crippen LogP contribution in [-0.4, -0.2) is 44.8 Å². The van der Waals surface area contributed by atoms with E-state index in [9.17, 15) is 10.2 Å². The van der Waals surface area contributed by atoms with Crippen LogP contribution in [0.2, 0.25) is 0 Å². The summed E-state index contributed by atoms with van der Waals surface area (Å²) in [5.74, 6) is 0. The lowest BCUT2D eigenvalue weighted by atomic mass is 9.63. The monoisotopic (exact) mass is 600 g/mol. The van der Waals surface area contributed by atoms with Gasteiger partial charge in [0.25, 0.3) is 0 Å². The Morgan fingerprint density at radius 1 is 0.500 bits per heavy atom. The summed E-state index contributed by atoms with van der Waals surface area (Å²) in [7, 11) is 0. The maximum absolute atomic E-state index is 10.3. The van der Waals surface area contributed by atoms with Crippen LogP contribution in [-0.2, 0) is 9.47 Å². The molecule has 2 heterocycles. The van der Waals surface area contributed by atoms with E-state index in [1.165, 1.54) is 22.3 Å². The maximum atomic E-state index is 10.3. The third-order valence-corrected chi connectivity index (χ3v) is 10.4. The molecule has 2 saturated heterocycles. The molecule has 2 saturated carbocycles. The molecule has 2 aliphatic carbocycles. The first kappa shape index (κ1) is 34.4. The second kappa shape index (κ2) is 12.4. The summed E-state index contributed by atoms with van der Waals surface area (Å²) in [5.41, 5.74) is 3.36. The lowest BCUT2D eigenvalue weighted by molar-refractivity contribution is 0.0510. The van der Waals surface area contributed by atoms with Crippen LogP contribution in [0.3, 0.4) is 0 Å². The Hall–Kier alpha value is -2.50. The lowest BCUT2D eigenvalue weighted by Gasteiger charge is -2.39. The number of ether oxygens (including phenoxy) is 2. The first-order valence-electron chi connectivity index (χ1n) is 16.3. The Kier molecular flexibility index (Phi) is 9.66. The second-order valence-electron chi connectivity index (χ2n) is 15.4. The van der Waals surface area contributed by atoms with Crippen molar-refractivity contribution in [2.75, 3.05) is 0 Å². The van der Waals surface area contributed by atoms with E-state index in [4.69, 9.17) is 9.47 Å². The number of hydrogen-bond donors (Lipinski definition) is 2. The molecule has 0 amide bonds. The molecule has 4 rings (SSSR count). The zero-order chi connectivity index (χ0) is 32.6. The van der Waals surface area contributed by atoms with Crippen molar-refractivity contribution in [3.8, 4) is 0 Å². The molecule has 4 nitrogen and oxygen atoms in total. The van der Waals surface area contributed by atoms with Crippen molar-refractivity contribution in [1.82, 2.24) is 0 Å². The molecule has 2 aliphatic heterocycles. The first-order valence-corrected chi connectivity index (χ1v) is 16.3. The minimum Gasteiger partial charge on any atom is -0.393 e. The maximum Gasteiger partial charge on any atom is 0.121 e. The van der Waals surface area contributed by atoms with Crippen LogP contribution in [0.25, 0.3) is 0 Å². The number of rotatable bonds is 10. The number of hydrogen-bond acceptors (Lipinski definition) is 4. The number of aliphatic hydroxyl groups is 2. The smallest absolute Gasteiger partial charge is 0.121 e. The summed E-state index contributed by atoms with van der Waals surface area (Å²) in [6.07, 6.45) is 32.0. The Balaban J connectivity index is 1.25. The molecule has 0 aromatic carbocycles. The Labute approximate surface area is 267 Å². The van der Waals surface area contributed by atoms with Crippen molar-refractivity contribution < 1.29 is 19.7 Å². The topological polar surface area (TPSA) is 65.5 Å². The van der Waals surface area contributed by atoms with Gasteiger partial charge in [-0.05, 0) is 66.5 Å². The van der Waals surface area contributed by atoms with Gasteiger partial charge in [-0.15, -0.1) is 0 Å². The molecule has 6 atom stereocenters. The van der Waals surface area contributed by atoms with Crippen LogP contribution >= 0.6 is 0 Å². The van der Waals surface area contributed by atoms with E-state index in [0.29, 0.717) is 12.8 Å². The number of epoxide rings is 2. The zero-order valence-corrected chi connectivity index (χ0v) is 28.8. The van der Waals surface area contributed by atoms with Gasteiger partial charge in [-0.3, -0.25) is 0 Å². The quantitative estimate of drug-likeness (QED) is 0.194. The van der Waals surface area contributed by atoms with Gasteiger partial charge in [0.1, 0.15) is 22.4 Å². The van der Waals surface area contributed by atoms with Crippen LogP contribution in [0.5, 0.6) is 0 Å². The van der Waals surface area contributed by atoms with Gasteiger partial charge >= 0.3 is 0 Å². The minimum atomic E-state index is -0.294. The van der Waals surface area contributed by atoms with Gasteiger partial charge in [0.2, 0.25) is 0 Å². The molecule has 0 aromatic rings. The summed E-state index contributed by atoms with van der Waals surface area (Å²) < 4.78 is 12.5. The highest BCUT2D eigenvalue weighted by atomic mass is 16.6. The average molecular weight is 601 g/mol. The van der Waals surface area contributed by atoms with E-state index in [0.717, 1.165) is 12.8 Å². The molecule has 4 aliphatic rings. The van der Waals surface area contributed by atoms with Crippen LogP contribution < -0.4 is 0 Å². The molecule has 0 spiro atoms.